The van der Waals surface area contributed by atoms with Crippen LogP contribution in [-0.4, -0.2) is 33.0 Å². The molecule has 0 aliphatic heterocycles. The van der Waals surface area contributed by atoms with Gasteiger partial charge in [-0.3, -0.25) is 0 Å². The fourth-order valence-electron chi connectivity index (χ4n) is 2.12. The third kappa shape index (κ3) is 3.57. The van der Waals surface area contributed by atoms with E-state index >= 15 is 0 Å². The third-order valence-corrected chi connectivity index (χ3v) is 4.73. The van der Waals surface area contributed by atoms with Crippen molar-refractivity contribution in [1.29, 1.82) is 0 Å². The van der Waals surface area contributed by atoms with Crippen LogP contribution in [0.4, 0.5) is 0 Å². The summed E-state index contributed by atoms with van der Waals surface area (Å²) in [5.74, 6) is 2.93. The van der Waals surface area contributed by atoms with Gasteiger partial charge in [0.2, 0.25) is 0 Å². The van der Waals surface area contributed by atoms with E-state index in [2.05, 4.69) is 0 Å². The molecule has 1 N–H and O–H groups in total. The molecule has 2 aromatic heterocycles. The number of thiophene rings is 2. The minimum absolute atomic E-state index is 0.563. The van der Waals surface area contributed by atoms with Crippen molar-refractivity contribution in [2.75, 3.05) is 28.4 Å². The van der Waals surface area contributed by atoms with Gasteiger partial charge in [0.1, 0.15) is 0 Å². The van der Waals surface area contributed by atoms with Crippen LogP contribution in [0.3, 0.4) is 0 Å². The van der Waals surface area contributed by atoms with E-state index in [1.54, 1.807) is 50.9 Å². The molecule has 3 rings (SSSR count). The molecule has 5 nitrogen and oxygen atoms in total. The molecule has 0 fully saturated rings. The summed E-state index contributed by atoms with van der Waals surface area (Å²) in [7, 11) is 6.43. The van der Waals surface area contributed by atoms with Gasteiger partial charge < -0.3 is 23.5 Å². The normalized spacial score (nSPS) is 10.1. The third-order valence-electron chi connectivity index (χ3n) is 3.13. The summed E-state index contributed by atoms with van der Waals surface area (Å²) < 4.78 is 31.6. The Balaban J connectivity index is 0.000000167. The molecule has 0 saturated heterocycles. The lowest BCUT2D eigenvalue weighted by atomic mass is 10.3. The highest BCUT2D eigenvalue weighted by atomic mass is 32.2. The lowest BCUT2D eigenvalue weighted by Gasteiger charge is -2.09. The molecular weight excluding hydrogens is 336 g/mol. The second-order valence-electron chi connectivity index (χ2n) is 4.31. The van der Waals surface area contributed by atoms with Crippen molar-refractivity contribution in [3.63, 3.8) is 0 Å². The van der Waals surface area contributed by atoms with Crippen LogP contribution in [0.15, 0.2) is 35.2 Å². The second-order valence-corrected chi connectivity index (χ2v) is 6.02. The number of benzene rings is 2. The van der Waals surface area contributed by atoms with Crippen LogP contribution in [0.2, 0.25) is 0 Å². The predicted octanol–water partition coefficient (Wildman–Crippen LogP) is 4.63. The molecule has 1 aromatic carbocycles. The van der Waals surface area contributed by atoms with Gasteiger partial charge in [0.25, 0.3) is 0 Å². The molecular formula is C16H18O5S2. The number of hydrogen-bond acceptors (Lipinski definition) is 7. The van der Waals surface area contributed by atoms with Crippen LogP contribution in [-0.2, 0) is 0 Å². The van der Waals surface area contributed by atoms with Gasteiger partial charge in [-0.1, -0.05) is 6.07 Å². The number of methoxy groups -OCH3 is 4. The van der Waals surface area contributed by atoms with Crippen molar-refractivity contribution in [1.82, 2.24) is 0 Å². The zero-order chi connectivity index (χ0) is 16.8. The van der Waals surface area contributed by atoms with Gasteiger partial charge in [-0.2, -0.15) is 0 Å². The number of rotatable bonds is 5. The maximum absolute atomic E-state index is 8.85. The number of para-hydroxylation sites is 1. The Morgan fingerprint density at radius 1 is 0.783 bits per heavy atom. The largest absolute Gasteiger partial charge is 0.493 e. The van der Waals surface area contributed by atoms with Gasteiger partial charge >= 0.3 is 0 Å². The van der Waals surface area contributed by atoms with E-state index in [4.69, 9.17) is 23.5 Å². The minimum atomic E-state index is 0.563. The van der Waals surface area contributed by atoms with Gasteiger partial charge in [-0.25, -0.2) is 0 Å². The van der Waals surface area contributed by atoms with E-state index in [1.165, 1.54) is 7.11 Å². The summed E-state index contributed by atoms with van der Waals surface area (Å²) in [5.41, 5.74) is 0. The van der Waals surface area contributed by atoms with Crippen LogP contribution >= 0.6 is 23.4 Å². The molecule has 0 spiro atoms. The van der Waals surface area contributed by atoms with E-state index in [-0.39, 0.29) is 0 Å². The Morgan fingerprint density at radius 3 is 1.78 bits per heavy atom. The molecule has 2 heterocycles. The number of ether oxygens (including phenoxy) is 4. The molecule has 7 heteroatoms. The summed E-state index contributed by atoms with van der Waals surface area (Å²) in [6, 6.07) is 9.41. The molecule has 23 heavy (non-hydrogen) atoms. The Labute approximate surface area is 143 Å². The summed E-state index contributed by atoms with van der Waals surface area (Å²) in [4.78, 5) is 0.650. The standard InChI is InChI=1S/C8H10O3S.C8H8O2S/c1-10-6-4-3-5-7(12-9)8(6)11-2;1-9-7-5-3-4-6(11-5)8(7)10-2/h3-5,9H,1-2H3;3-4H,1-2H3. The average molecular weight is 354 g/mol. The first-order valence-electron chi connectivity index (χ1n) is 6.65. The summed E-state index contributed by atoms with van der Waals surface area (Å²) in [6.45, 7) is 0. The predicted molar refractivity (Wildman–Crippen MR) is 94.1 cm³/mol. The molecule has 0 amide bonds. The lowest BCUT2D eigenvalue weighted by Crippen LogP contribution is -1.91. The monoisotopic (exact) mass is 354 g/mol. The Morgan fingerprint density at radius 2 is 1.35 bits per heavy atom. The Hall–Kier alpha value is -1.83. The minimum Gasteiger partial charge on any atom is -0.493 e. The van der Waals surface area contributed by atoms with E-state index in [9.17, 15) is 0 Å². The molecule has 0 saturated carbocycles. The zero-order valence-electron chi connectivity index (χ0n) is 13.3. The molecule has 2 bridgehead atoms. The maximum atomic E-state index is 8.85. The highest BCUT2D eigenvalue weighted by Crippen LogP contribution is 2.45. The van der Waals surface area contributed by atoms with Crippen molar-refractivity contribution in [3.05, 3.63) is 30.3 Å². The molecule has 0 radical (unpaired) electrons. The van der Waals surface area contributed by atoms with Gasteiger partial charge in [0, 0.05) is 12.0 Å². The van der Waals surface area contributed by atoms with Crippen molar-refractivity contribution < 1.29 is 23.5 Å². The van der Waals surface area contributed by atoms with Crippen LogP contribution < -0.4 is 18.9 Å². The summed E-state index contributed by atoms with van der Waals surface area (Å²) in [5, 5.41) is 0. The van der Waals surface area contributed by atoms with E-state index in [0.717, 1.165) is 20.9 Å². The summed E-state index contributed by atoms with van der Waals surface area (Å²) >= 11 is 2.34. The highest BCUT2D eigenvalue weighted by molar-refractivity contribution is 7.93. The van der Waals surface area contributed by atoms with Gasteiger partial charge in [0.15, 0.2) is 23.0 Å². The van der Waals surface area contributed by atoms with Crippen LogP contribution in [0.25, 0.3) is 9.40 Å². The van der Waals surface area contributed by atoms with Crippen LogP contribution in [0.1, 0.15) is 0 Å². The molecule has 0 aliphatic rings. The van der Waals surface area contributed by atoms with E-state index < -0.39 is 0 Å². The first kappa shape index (κ1) is 17.5. The van der Waals surface area contributed by atoms with Gasteiger partial charge in [-0.05, 0) is 24.3 Å². The number of fused-ring (bicyclic) bond motifs is 2. The molecule has 0 aliphatic carbocycles. The van der Waals surface area contributed by atoms with Crippen molar-refractivity contribution >= 4 is 32.8 Å². The van der Waals surface area contributed by atoms with Gasteiger partial charge in [0.05, 0.1) is 42.7 Å². The fraction of sp³-hybridized carbons (Fsp3) is 0.250. The first-order chi connectivity index (χ1) is 11.2. The SMILES string of the molecule is COc1c(OC)c2ccc1s2.COc1cccc(SO)c1OC. The molecule has 124 valence electrons. The number of hydrogen-bond donors (Lipinski definition) is 1. The van der Waals surface area contributed by atoms with Crippen LogP contribution in [0.5, 0.6) is 23.0 Å². The molecule has 0 unspecified atom stereocenters. The zero-order valence-corrected chi connectivity index (χ0v) is 14.9. The van der Waals surface area contributed by atoms with Crippen molar-refractivity contribution in [3.8, 4) is 23.0 Å². The van der Waals surface area contributed by atoms with Crippen LogP contribution in [0, 0.1) is 0 Å². The maximum Gasteiger partial charge on any atom is 0.179 e. The van der Waals surface area contributed by atoms with Crippen molar-refractivity contribution in [2.45, 2.75) is 4.90 Å². The first-order valence-corrected chi connectivity index (χ1v) is 8.24. The lowest BCUT2D eigenvalue weighted by molar-refractivity contribution is 0.347. The van der Waals surface area contributed by atoms with E-state index in [1.807, 2.05) is 12.1 Å². The van der Waals surface area contributed by atoms with Crippen molar-refractivity contribution in [2.24, 2.45) is 0 Å². The fourth-order valence-corrected chi connectivity index (χ4v) is 3.57. The highest BCUT2D eigenvalue weighted by Gasteiger charge is 2.15. The Kier molecular flexibility index (Phi) is 6.20. The topological polar surface area (TPSA) is 57.2 Å². The van der Waals surface area contributed by atoms with Gasteiger partial charge in [-0.15, -0.1) is 11.3 Å². The molecule has 0 atom stereocenters. The smallest absolute Gasteiger partial charge is 0.179 e. The van der Waals surface area contributed by atoms with E-state index in [0.29, 0.717) is 28.4 Å². The average Bonchev–Trinajstić information content (AvgIpc) is 3.21. The summed E-state index contributed by atoms with van der Waals surface area (Å²) in [6.07, 6.45) is 0. The molecule has 3 aromatic rings. The Bertz CT molecular complexity index is 686. The quantitative estimate of drug-likeness (QED) is 0.675. The second kappa shape index (κ2) is 8.14.